The third kappa shape index (κ3) is 2.93. The van der Waals surface area contributed by atoms with Gasteiger partial charge >= 0.3 is 11.9 Å². The third-order valence-electron chi connectivity index (χ3n) is 3.52. The molecule has 2 rings (SSSR count). The summed E-state index contributed by atoms with van der Waals surface area (Å²) >= 11 is 0. The van der Waals surface area contributed by atoms with Gasteiger partial charge in [0.2, 0.25) is 0 Å². The van der Waals surface area contributed by atoms with Gasteiger partial charge in [-0.2, -0.15) is 0 Å². The Kier molecular flexibility index (Phi) is 3.96. The molecule has 0 saturated carbocycles. The molecule has 8 heteroatoms. The standard InChI is InChI=1S/C15H16N4O4/c16-11-3-1-7(5-9(11)13(20)21)15(18,19)8-2-4-12(17)10(6-8)14(22)23/h1-6H,16-19H2,(H,20,21)(H,22,23). The predicted octanol–water partition coefficient (Wildman–Crippen LogP) is 0.366. The Labute approximate surface area is 131 Å². The number of aromatic carboxylic acids is 2. The monoisotopic (exact) mass is 316 g/mol. The molecule has 0 spiro atoms. The Morgan fingerprint density at radius 1 is 0.783 bits per heavy atom. The molecule has 23 heavy (non-hydrogen) atoms. The first-order valence-corrected chi connectivity index (χ1v) is 6.49. The molecule has 0 radical (unpaired) electrons. The number of nitrogen functional groups attached to an aromatic ring is 2. The average Bonchev–Trinajstić information content (AvgIpc) is 2.47. The zero-order valence-corrected chi connectivity index (χ0v) is 12.0. The van der Waals surface area contributed by atoms with E-state index >= 15 is 0 Å². The van der Waals surface area contributed by atoms with Crippen molar-refractivity contribution < 1.29 is 19.8 Å². The maximum Gasteiger partial charge on any atom is 0.337 e. The fourth-order valence-electron chi connectivity index (χ4n) is 2.16. The highest BCUT2D eigenvalue weighted by Crippen LogP contribution is 2.27. The van der Waals surface area contributed by atoms with E-state index in [-0.39, 0.29) is 33.6 Å². The summed E-state index contributed by atoms with van der Waals surface area (Å²) in [6.07, 6.45) is 0. The summed E-state index contributed by atoms with van der Waals surface area (Å²) in [5.74, 6) is -2.44. The van der Waals surface area contributed by atoms with Crippen LogP contribution in [0.1, 0.15) is 31.8 Å². The van der Waals surface area contributed by atoms with Gasteiger partial charge < -0.3 is 33.1 Å². The minimum atomic E-state index is -1.62. The van der Waals surface area contributed by atoms with E-state index in [0.29, 0.717) is 0 Å². The van der Waals surface area contributed by atoms with Crippen molar-refractivity contribution in [3.05, 3.63) is 58.7 Å². The van der Waals surface area contributed by atoms with Gasteiger partial charge in [0, 0.05) is 11.4 Å². The van der Waals surface area contributed by atoms with Crippen molar-refractivity contribution in [3.8, 4) is 0 Å². The Morgan fingerprint density at radius 3 is 1.43 bits per heavy atom. The first-order valence-electron chi connectivity index (χ1n) is 6.49. The highest BCUT2D eigenvalue weighted by molar-refractivity contribution is 5.94. The Bertz CT molecular complexity index is 737. The van der Waals surface area contributed by atoms with Gasteiger partial charge in [-0.15, -0.1) is 0 Å². The molecule has 2 aromatic rings. The van der Waals surface area contributed by atoms with E-state index in [1.807, 2.05) is 0 Å². The van der Waals surface area contributed by atoms with Crippen LogP contribution in [0.25, 0.3) is 0 Å². The van der Waals surface area contributed by atoms with Gasteiger partial charge in [0.1, 0.15) is 5.66 Å². The van der Waals surface area contributed by atoms with Crippen LogP contribution in [-0.2, 0) is 5.66 Å². The van der Waals surface area contributed by atoms with Gasteiger partial charge in [-0.25, -0.2) is 9.59 Å². The van der Waals surface area contributed by atoms with Crippen LogP contribution in [0.3, 0.4) is 0 Å². The Morgan fingerprint density at radius 2 is 1.13 bits per heavy atom. The van der Waals surface area contributed by atoms with Crippen LogP contribution in [0.5, 0.6) is 0 Å². The van der Waals surface area contributed by atoms with Gasteiger partial charge in [-0.05, 0) is 35.4 Å². The highest BCUT2D eigenvalue weighted by atomic mass is 16.4. The Hall–Kier alpha value is -3.10. The highest BCUT2D eigenvalue weighted by Gasteiger charge is 2.27. The number of benzene rings is 2. The van der Waals surface area contributed by atoms with Gasteiger partial charge in [-0.3, -0.25) is 0 Å². The molecule has 0 aliphatic carbocycles. The van der Waals surface area contributed by atoms with Crippen LogP contribution in [0.4, 0.5) is 11.4 Å². The van der Waals surface area contributed by atoms with Gasteiger partial charge in [-0.1, -0.05) is 12.1 Å². The quantitative estimate of drug-likeness (QED) is 0.345. The number of anilines is 2. The van der Waals surface area contributed by atoms with Crippen molar-refractivity contribution in [2.75, 3.05) is 11.5 Å². The molecular weight excluding hydrogens is 300 g/mol. The minimum Gasteiger partial charge on any atom is -0.478 e. The van der Waals surface area contributed by atoms with Crippen molar-refractivity contribution in [1.29, 1.82) is 0 Å². The number of hydrogen-bond acceptors (Lipinski definition) is 6. The molecule has 0 atom stereocenters. The van der Waals surface area contributed by atoms with Crippen LogP contribution in [0.15, 0.2) is 36.4 Å². The lowest BCUT2D eigenvalue weighted by Crippen LogP contribution is -2.47. The second kappa shape index (κ2) is 5.59. The molecule has 0 unspecified atom stereocenters. The molecule has 10 N–H and O–H groups in total. The fraction of sp³-hybridized carbons (Fsp3) is 0.0667. The molecule has 0 amide bonds. The van der Waals surface area contributed by atoms with Crippen molar-refractivity contribution in [1.82, 2.24) is 0 Å². The second-order valence-electron chi connectivity index (χ2n) is 5.08. The molecule has 0 saturated heterocycles. The summed E-state index contributed by atoms with van der Waals surface area (Å²) < 4.78 is 0. The lowest BCUT2D eigenvalue weighted by atomic mass is 9.90. The van der Waals surface area contributed by atoms with E-state index < -0.39 is 17.6 Å². The largest absolute Gasteiger partial charge is 0.478 e. The van der Waals surface area contributed by atoms with E-state index in [1.54, 1.807) is 0 Å². The van der Waals surface area contributed by atoms with Crippen molar-refractivity contribution in [2.45, 2.75) is 5.66 Å². The normalized spacial score (nSPS) is 11.2. The van der Waals surface area contributed by atoms with Crippen molar-refractivity contribution in [3.63, 3.8) is 0 Å². The summed E-state index contributed by atoms with van der Waals surface area (Å²) in [6.45, 7) is 0. The van der Waals surface area contributed by atoms with Gasteiger partial charge in [0.15, 0.2) is 0 Å². The van der Waals surface area contributed by atoms with E-state index in [9.17, 15) is 9.59 Å². The number of carboxylic acids is 2. The van der Waals surface area contributed by atoms with E-state index in [0.717, 1.165) is 0 Å². The summed E-state index contributed by atoms with van der Waals surface area (Å²) in [5, 5.41) is 18.2. The van der Waals surface area contributed by atoms with Crippen LogP contribution in [0.2, 0.25) is 0 Å². The topological polar surface area (TPSA) is 179 Å². The van der Waals surface area contributed by atoms with Gasteiger partial charge in [0.25, 0.3) is 0 Å². The lowest BCUT2D eigenvalue weighted by molar-refractivity contribution is 0.0687. The fourth-order valence-corrected chi connectivity index (χ4v) is 2.16. The maximum atomic E-state index is 11.2. The summed E-state index contributed by atoms with van der Waals surface area (Å²) in [6, 6.07) is 8.24. The molecule has 0 aromatic heterocycles. The summed E-state index contributed by atoms with van der Waals surface area (Å²) in [5.41, 5.74) is 22.2. The number of rotatable bonds is 4. The number of nitrogens with two attached hydrogens (primary N) is 4. The molecule has 120 valence electrons. The molecule has 8 nitrogen and oxygen atoms in total. The third-order valence-corrected chi connectivity index (χ3v) is 3.52. The number of hydrogen-bond donors (Lipinski definition) is 6. The van der Waals surface area contributed by atoms with Gasteiger partial charge in [0.05, 0.1) is 11.1 Å². The number of carbonyl (C=O) groups is 2. The number of carboxylic acid groups (broad SMARTS) is 2. The van der Waals surface area contributed by atoms with Crippen LogP contribution in [-0.4, -0.2) is 22.2 Å². The lowest BCUT2D eigenvalue weighted by Gasteiger charge is -2.27. The van der Waals surface area contributed by atoms with E-state index in [2.05, 4.69) is 0 Å². The van der Waals surface area contributed by atoms with Crippen LogP contribution >= 0.6 is 0 Å². The first-order chi connectivity index (χ1) is 10.6. The summed E-state index contributed by atoms with van der Waals surface area (Å²) in [7, 11) is 0. The van der Waals surface area contributed by atoms with E-state index in [1.165, 1.54) is 36.4 Å². The zero-order chi connectivity index (χ0) is 17.4. The molecule has 0 aliphatic heterocycles. The Balaban J connectivity index is 2.58. The molecule has 0 bridgehead atoms. The van der Waals surface area contributed by atoms with Crippen LogP contribution in [0, 0.1) is 0 Å². The SMILES string of the molecule is Nc1ccc(C(N)(N)c2ccc(N)c(C(=O)O)c2)cc1C(=O)O. The van der Waals surface area contributed by atoms with Crippen molar-refractivity contribution >= 4 is 23.3 Å². The maximum absolute atomic E-state index is 11.2. The average molecular weight is 316 g/mol. The zero-order valence-electron chi connectivity index (χ0n) is 12.0. The van der Waals surface area contributed by atoms with Crippen LogP contribution < -0.4 is 22.9 Å². The minimum absolute atomic E-state index is 0.0700. The molecule has 0 fully saturated rings. The smallest absolute Gasteiger partial charge is 0.337 e. The molecular formula is C15H16N4O4. The molecule has 0 heterocycles. The molecule has 2 aromatic carbocycles. The molecule has 0 aliphatic rings. The first kappa shape index (κ1) is 16.3. The second-order valence-corrected chi connectivity index (χ2v) is 5.08. The van der Waals surface area contributed by atoms with Crippen molar-refractivity contribution in [2.24, 2.45) is 11.5 Å². The predicted molar refractivity (Wildman–Crippen MR) is 84.8 cm³/mol. The summed E-state index contributed by atoms with van der Waals surface area (Å²) in [4.78, 5) is 22.3. The van der Waals surface area contributed by atoms with E-state index in [4.69, 9.17) is 33.1 Å².